The van der Waals surface area contributed by atoms with Crippen LogP contribution in [0.3, 0.4) is 0 Å². The van der Waals surface area contributed by atoms with Gasteiger partial charge in [-0.3, -0.25) is 19.2 Å². The van der Waals surface area contributed by atoms with Gasteiger partial charge in [0.2, 0.25) is 15.9 Å². The third kappa shape index (κ3) is 4.72. The first-order chi connectivity index (χ1) is 12.5. The van der Waals surface area contributed by atoms with Crippen molar-refractivity contribution in [1.29, 1.82) is 0 Å². The second kappa shape index (κ2) is 7.89. The van der Waals surface area contributed by atoms with Gasteiger partial charge in [-0.15, -0.1) is 0 Å². The summed E-state index contributed by atoms with van der Waals surface area (Å²) in [6, 6.07) is 7.17. The molecule has 0 spiro atoms. The molecule has 2 aromatic carbocycles. The number of anilines is 2. The number of carbonyl (C=O) groups excluding carboxylic acids is 1. The summed E-state index contributed by atoms with van der Waals surface area (Å²) in [6.45, 7) is 1.26. The number of halogens is 2. The van der Waals surface area contributed by atoms with E-state index in [1.165, 1.54) is 31.2 Å². The number of nitrogens with zero attached hydrogens (tertiary/aromatic N) is 2. The number of rotatable bonds is 6. The topological polar surface area (TPSA) is 110 Å². The summed E-state index contributed by atoms with van der Waals surface area (Å²) in [5.41, 5.74) is -0.672. The molecular weight excluding hydrogens is 401 g/mol. The maximum absolute atomic E-state index is 14.1. The first-order valence-electron chi connectivity index (χ1n) is 7.51. The highest BCUT2D eigenvalue weighted by Crippen LogP contribution is 2.28. The quantitative estimate of drug-likeness (QED) is 0.575. The van der Waals surface area contributed by atoms with Crippen LogP contribution in [0, 0.1) is 15.9 Å². The van der Waals surface area contributed by atoms with E-state index in [-0.39, 0.29) is 22.1 Å². The Balaban J connectivity index is 2.38. The number of non-ortho nitro benzene ring substituents is 1. The van der Waals surface area contributed by atoms with Gasteiger partial charge in [-0.25, -0.2) is 12.8 Å². The Hall–Kier alpha value is -2.72. The molecular formula is C16H15ClFN3O5S. The van der Waals surface area contributed by atoms with Crippen molar-refractivity contribution in [2.75, 3.05) is 15.9 Å². The Labute approximate surface area is 159 Å². The monoisotopic (exact) mass is 415 g/mol. The first-order valence-corrected chi connectivity index (χ1v) is 9.73. The molecule has 144 valence electrons. The zero-order valence-electron chi connectivity index (χ0n) is 14.2. The molecule has 0 fully saturated rings. The highest BCUT2D eigenvalue weighted by molar-refractivity contribution is 7.92. The molecule has 27 heavy (non-hydrogen) atoms. The largest absolute Gasteiger partial charge is 0.323 e. The molecule has 0 saturated carbocycles. The zero-order chi connectivity index (χ0) is 20.4. The van der Waals surface area contributed by atoms with E-state index >= 15 is 0 Å². The van der Waals surface area contributed by atoms with Crippen LogP contribution in [0.2, 0.25) is 5.02 Å². The minimum absolute atomic E-state index is 0.0259. The predicted molar refractivity (Wildman–Crippen MR) is 99.9 cm³/mol. The number of hydrogen-bond donors (Lipinski definition) is 1. The Morgan fingerprint density at radius 2 is 1.93 bits per heavy atom. The van der Waals surface area contributed by atoms with Crippen molar-refractivity contribution in [1.82, 2.24) is 0 Å². The third-order valence-electron chi connectivity index (χ3n) is 3.60. The van der Waals surface area contributed by atoms with Crippen molar-refractivity contribution in [2.24, 2.45) is 0 Å². The summed E-state index contributed by atoms with van der Waals surface area (Å²) in [5.74, 6) is -1.66. The van der Waals surface area contributed by atoms with Crippen LogP contribution >= 0.6 is 11.6 Å². The highest BCUT2D eigenvalue weighted by Gasteiger charge is 2.31. The van der Waals surface area contributed by atoms with Crippen molar-refractivity contribution in [2.45, 2.75) is 13.0 Å². The lowest BCUT2D eigenvalue weighted by Gasteiger charge is -2.28. The van der Waals surface area contributed by atoms with E-state index in [1.807, 2.05) is 0 Å². The minimum Gasteiger partial charge on any atom is -0.323 e. The average Bonchev–Trinajstić information content (AvgIpc) is 2.57. The molecule has 0 aliphatic heterocycles. The van der Waals surface area contributed by atoms with Crippen molar-refractivity contribution in [3.63, 3.8) is 0 Å². The molecule has 0 aromatic heterocycles. The van der Waals surface area contributed by atoms with Crippen LogP contribution in [0.1, 0.15) is 6.92 Å². The molecule has 1 atom stereocenters. The molecule has 0 heterocycles. The van der Waals surface area contributed by atoms with Crippen LogP contribution < -0.4 is 9.62 Å². The summed E-state index contributed by atoms with van der Waals surface area (Å²) >= 11 is 5.93. The number of sulfonamides is 1. The van der Waals surface area contributed by atoms with Crippen molar-refractivity contribution in [3.8, 4) is 0 Å². The standard InChI is InChI=1S/C16H15ClFN3O5S/c1-10(20(27(2,25)26)15-6-4-3-5-13(15)18)16(22)19-14-9-11(21(23)24)7-8-12(14)17/h3-10H,1-2H3,(H,19,22)/t10-/m1/s1. The molecule has 0 radical (unpaired) electrons. The molecule has 0 aliphatic rings. The Kier molecular flexibility index (Phi) is 6.01. The van der Waals surface area contributed by atoms with Gasteiger partial charge in [0.05, 0.1) is 27.6 Å². The van der Waals surface area contributed by atoms with E-state index in [9.17, 15) is 27.7 Å². The van der Waals surface area contributed by atoms with Gasteiger partial charge >= 0.3 is 0 Å². The van der Waals surface area contributed by atoms with Gasteiger partial charge in [0.25, 0.3) is 5.69 Å². The minimum atomic E-state index is -4.02. The number of para-hydroxylation sites is 1. The molecule has 0 aliphatic carbocycles. The maximum Gasteiger partial charge on any atom is 0.271 e. The summed E-state index contributed by atoms with van der Waals surface area (Å²) < 4.78 is 39.0. The zero-order valence-corrected chi connectivity index (χ0v) is 15.8. The van der Waals surface area contributed by atoms with Gasteiger partial charge in [-0.05, 0) is 25.1 Å². The lowest BCUT2D eigenvalue weighted by Crippen LogP contribution is -2.45. The Morgan fingerprint density at radius 3 is 2.48 bits per heavy atom. The molecule has 1 amide bonds. The van der Waals surface area contributed by atoms with Gasteiger partial charge in [0.1, 0.15) is 11.9 Å². The van der Waals surface area contributed by atoms with Gasteiger partial charge in [0, 0.05) is 12.1 Å². The fraction of sp³-hybridized carbons (Fsp3) is 0.188. The summed E-state index contributed by atoms with van der Waals surface area (Å²) in [7, 11) is -4.02. The number of nitrogens with one attached hydrogen (secondary N) is 1. The Bertz CT molecular complexity index is 999. The molecule has 0 unspecified atom stereocenters. The maximum atomic E-state index is 14.1. The second-order valence-electron chi connectivity index (χ2n) is 5.60. The lowest BCUT2D eigenvalue weighted by atomic mass is 10.2. The normalized spacial score (nSPS) is 12.3. The number of nitro benzene ring substituents is 1. The van der Waals surface area contributed by atoms with E-state index in [1.54, 1.807) is 0 Å². The molecule has 0 bridgehead atoms. The number of amides is 1. The molecule has 8 nitrogen and oxygen atoms in total. The molecule has 2 aromatic rings. The van der Waals surface area contributed by atoms with Crippen LogP contribution in [0.5, 0.6) is 0 Å². The van der Waals surface area contributed by atoms with Crippen LogP contribution in [-0.4, -0.2) is 31.5 Å². The summed E-state index contributed by atoms with van der Waals surface area (Å²) in [4.78, 5) is 22.7. The van der Waals surface area contributed by atoms with Gasteiger partial charge in [0.15, 0.2) is 0 Å². The van der Waals surface area contributed by atoms with Gasteiger partial charge in [-0.1, -0.05) is 23.7 Å². The molecule has 2 rings (SSSR count). The van der Waals surface area contributed by atoms with E-state index in [0.29, 0.717) is 4.31 Å². The van der Waals surface area contributed by atoms with Crippen molar-refractivity contribution < 1.29 is 22.5 Å². The molecule has 1 N–H and O–H groups in total. The number of nitro groups is 1. The fourth-order valence-corrected chi connectivity index (χ4v) is 3.71. The van der Waals surface area contributed by atoms with Crippen molar-refractivity contribution >= 4 is 44.6 Å². The highest BCUT2D eigenvalue weighted by atomic mass is 35.5. The van der Waals surface area contributed by atoms with E-state index in [2.05, 4.69) is 5.32 Å². The van der Waals surface area contributed by atoms with Gasteiger partial charge in [-0.2, -0.15) is 0 Å². The Morgan fingerprint density at radius 1 is 1.30 bits per heavy atom. The second-order valence-corrected chi connectivity index (χ2v) is 7.86. The number of hydrogen-bond acceptors (Lipinski definition) is 5. The smallest absolute Gasteiger partial charge is 0.271 e. The lowest BCUT2D eigenvalue weighted by molar-refractivity contribution is -0.384. The van der Waals surface area contributed by atoms with Gasteiger partial charge < -0.3 is 5.32 Å². The SMILES string of the molecule is C[C@H](C(=O)Nc1cc([N+](=O)[O-])ccc1Cl)N(c1ccccc1F)S(C)(=O)=O. The van der Waals surface area contributed by atoms with Crippen LogP contribution in [0.4, 0.5) is 21.5 Å². The van der Waals surface area contributed by atoms with E-state index < -0.39 is 32.7 Å². The number of benzene rings is 2. The summed E-state index contributed by atoms with van der Waals surface area (Å²) in [6.07, 6.45) is 0.837. The molecule has 11 heteroatoms. The average molecular weight is 416 g/mol. The fourth-order valence-electron chi connectivity index (χ4n) is 2.37. The number of carbonyl (C=O) groups is 1. The van der Waals surface area contributed by atoms with Crippen molar-refractivity contribution in [3.05, 3.63) is 63.4 Å². The predicted octanol–water partition coefficient (Wildman–Crippen LogP) is 3.18. The summed E-state index contributed by atoms with van der Waals surface area (Å²) in [5, 5.41) is 13.2. The first kappa shape index (κ1) is 20.6. The van der Waals surface area contributed by atoms with E-state index in [0.717, 1.165) is 24.5 Å². The van der Waals surface area contributed by atoms with Crippen LogP contribution in [0.25, 0.3) is 0 Å². The van der Waals surface area contributed by atoms with Crippen LogP contribution in [0.15, 0.2) is 42.5 Å². The molecule has 0 saturated heterocycles. The third-order valence-corrected chi connectivity index (χ3v) is 5.15. The van der Waals surface area contributed by atoms with Crippen LogP contribution in [-0.2, 0) is 14.8 Å². The van der Waals surface area contributed by atoms with E-state index in [4.69, 9.17) is 11.6 Å².